The SMILES string of the molecule is CCC#CC#Cc1ccc(C(=O)NC(C(=O)OC)C(C)(C)NC(=O)OC(C)(C)C)cc1. The summed E-state index contributed by atoms with van der Waals surface area (Å²) in [5.41, 5.74) is -0.865. The molecular weight excluding hydrogens is 396 g/mol. The lowest BCUT2D eigenvalue weighted by atomic mass is 9.94. The summed E-state index contributed by atoms with van der Waals surface area (Å²) in [7, 11) is 1.21. The van der Waals surface area contributed by atoms with Crippen LogP contribution in [0.25, 0.3) is 0 Å². The molecule has 1 aromatic rings. The van der Waals surface area contributed by atoms with Gasteiger partial charge in [0, 0.05) is 17.5 Å². The van der Waals surface area contributed by atoms with Crippen molar-refractivity contribution in [2.45, 2.75) is 65.1 Å². The summed E-state index contributed by atoms with van der Waals surface area (Å²) in [5, 5.41) is 5.25. The van der Waals surface area contributed by atoms with Gasteiger partial charge in [-0.25, -0.2) is 9.59 Å². The van der Waals surface area contributed by atoms with Gasteiger partial charge in [-0.1, -0.05) is 18.8 Å². The molecule has 0 spiro atoms. The first-order valence-corrected chi connectivity index (χ1v) is 9.88. The van der Waals surface area contributed by atoms with Gasteiger partial charge in [0.05, 0.1) is 12.6 Å². The molecule has 0 saturated heterocycles. The Morgan fingerprint density at radius 2 is 1.65 bits per heavy atom. The Labute approximate surface area is 184 Å². The molecule has 0 aliphatic heterocycles. The van der Waals surface area contributed by atoms with Crippen LogP contribution in [0.1, 0.15) is 63.9 Å². The maximum Gasteiger partial charge on any atom is 0.408 e. The van der Waals surface area contributed by atoms with Crippen LogP contribution in [0.15, 0.2) is 24.3 Å². The van der Waals surface area contributed by atoms with Crippen molar-refractivity contribution in [1.29, 1.82) is 0 Å². The van der Waals surface area contributed by atoms with Gasteiger partial charge < -0.3 is 20.1 Å². The molecule has 0 fully saturated rings. The molecule has 2 amide bonds. The van der Waals surface area contributed by atoms with E-state index in [9.17, 15) is 14.4 Å². The molecule has 0 bridgehead atoms. The summed E-state index contributed by atoms with van der Waals surface area (Å²) in [6.45, 7) is 10.3. The Hall–Kier alpha value is -3.45. The zero-order chi connectivity index (χ0) is 23.7. The number of ether oxygens (including phenoxy) is 2. The average molecular weight is 427 g/mol. The van der Waals surface area contributed by atoms with E-state index in [1.807, 2.05) is 6.92 Å². The summed E-state index contributed by atoms with van der Waals surface area (Å²) in [6, 6.07) is 5.41. The fourth-order valence-electron chi connectivity index (χ4n) is 2.45. The Morgan fingerprint density at radius 3 is 2.16 bits per heavy atom. The van der Waals surface area contributed by atoms with E-state index >= 15 is 0 Å². The van der Waals surface area contributed by atoms with Gasteiger partial charge in [-0.3, -0.25) is 4.79 Å². The first-order valence-electron chi connectivity index (χ1n) is 9.88. The highest BCUT2D eigenvalue weighted by molar-refractivity contribution is 5.97. The Bertz CT molecular complexity index is 919. The van der Waals surface area contributed by atoms with E-state index in [4.69, 9.17) is 9.47 Å². The second-order valence-electron chi connectivity index (χ2n) is 8.26. The van der Waals surface area contributed by atoms with Crippen molar-refractivity contribution in [2.24, 2.45) is 0 Å². The van der Waals surface area contributed by atoms with Crippen LogP contribution in [0.2, 0.25) is 0 Å². The minimum atomic E-state index is -1.19. The zero-order valence-corrected chi connectivity index (χ0v) is 19.1. The second kappa shape index (κ2) is 11.1. The average Bonchev–Trinajstić information content (AvgIpc) is 2.67. The first-order chi connectivity index (χ1) is 14.4. The highest BCUT2D eigenvalue weighted by Crippen LogP contribution is 2.15. The number of methoxy groups -OCH3 is 1. The molecule has 1 atom stereocenters. The highest BCUT2D eigenvalue weighted by atomic mass is 16.6. The fourth-order valence-corrected chi connectivity index (χ4v) is 2.45. The van der Waals surface area contributed by atoms with Gasteiger partial charge in [-0.05, 0) is 70.7 Å². The molecule has 1 unspecified atom stereocenters. The molecule has 0 saturated carbocycles. The van der Waals surface area contributed by atoms with Crippen molar-refractivity contribution in [2.75, 3.05) is 7.11 Å². The lowest BCUT2D eigenvalue weighted by molar-refractivity contribution is -0.144. The number of hydrogen-bond donors (Lipinski definition) is 2. The summed E-state index contributed by atoms with van der Waals surface area (Å²) in [6.07, 6.45) is 0.0172. The molecular formula is C24H30N2O5. The van der Waals surface area contributed by atoms with Crippen LogP contribution in [0.4, 0.5) is 4.79 Å². The molecule has 0 aliphatic rings. The van der Waals surface area contributed by atoms with Crippen LogP contribution < -0.4 is 10.6 Å². The van der Waals surface area contributed by atoms with E-state index in [1.165, 1.54) is 7.11 Å². The maximum atomic E-state index is 12.7. The molecule has 1 aromatic carbocycles. The van der Waals surface area contributed by atoms with Gasteiger partial charge in [0.25, 0.3) is 5.91 Å². The molecule has 0 aliphatic carbocycles. The van der Waals surface area contributed by atoms with E-state index in [-0.39, 0.29) is 0 Å². The third-order valence-electron chi connectivity index (χ3n) is 3.94. The van der Waals surface area contributed by atoms with E-state index in [0.29, 0.717) is 11.1 Å². The lowest BCUT2D eigenvalue weighted by Crippen LogP contribution is -2.62. The van der Waals surface area contributed by atoms with Gasteiger partial charge in [0.1, 0.15) is 11.6 Å². The van der Waals surface area contributed by atoms with Crippen LogP contribution in [0, 0.1) is 23.7 Å². The normalized spacial score (nSPS) is 11.6. The predicted molar refractivity (Wildman–Crippen MR) is 118 cm³/mol. The smallest absolute Gasteiger partial charge is 0.408 e. The van der Waals surface area contributed by atoms with E-state index in [1.54, 1.807) is 58.9 Å². The third-order valence-corrected chi connectivity index (χ3v) is 3.94. The predicted octanol–water partition coefficient (Wildman–Crippen LogP) is 3.03. The summed E-state index contributed by atoms with van der Waals surface area (Å²) in [5.74, 6) is 10.0. The number of nitrogens with one attached hydrogen (secondary N) is 2. The summed E-state index contributed by atoms with van der Waals surface area (Å²) < 4.78 is 10.1. The van der Waals surface area contributed by atoms with Crippen molar-refractivity contribution in [3.8, 4) is 23.7 Å². The summed E-state index contributed by atoms with van der Waals surface area (Å²) >= 11 is 0. The number of hydrogen-bond acceptors (Lipinski definition) is 5. The molecule has 31 heavy (non-hydrogen) atoms. The molecule has 0 aromatic heterocycles. The topological polar surface area (TPSA) is 93.7 Å². The van der Waals surface area contributed by atoms with Gasteiger partial charge in [-0.15, -0.1) is 0 Å². The number of amides is 2. The van der Waals surface area contributed by atoms with Crippen molar-refractivity contribution in [1.82, 2.24) is 10.6 Å². The quantitative estimate of drug-likeness (QED) is 0.558. The minimum Gasteiger partial charge on any atom is -0.467 e. The molecule has 7 nitrogen and oxygen atoms in total. The van der Waals surface area contributed by atoms with Gasteiger partial charge in [-0.2, -0.15) is 0 Å². The Balaban J connectivity index is 2.98. The van der Waals surface area contributed by atoms with Gasteiger partial charge in [0.2, 0.25) is 0 Å². The Morgan fingerprint density at radius 1 is 1.03 bits per heavy atom. The van der Waals surface area contributed by atoms with E-state index in [0.717, 1.165) is 6.42 Å². The van der Waals surface area contributed by atoms with Crippen LogP contribution >= 0.6 is 0 Å². The van der Waals surface area contributed by atoms with Crippen LogP contribution in [0.3, 0.4) is 0 Å². The number of carbonyl (C=O) groups excluding carboxylic acids is 3. The molecule has 166 valence electrons. The van der Waals surface area contributed by atoms with E-state index in [2.05, 4.69) is 34.3 Å². The zero-order valence-electron chi connectivity index (χ0n) is 19.1. The molecule has 0 radical (unpaired) electrons. The number of esters is 1. The molecule has 1 rings (SSSR count). The number of rotatable bonds is 5. The number of carbonyl (C=O) groups is 3. The maximum absolute atomic E-state index is 12.7. The monoisotopic (exact) mass is 426 g/mol. The van der Waals surface area contributed by atoms with Gasteiger partial charge >= 0.3 is 12.1 Å². The summed E-state index contributed by atoms with van der Waals surface area (Å²) in [4.78, 5) is 37.3. The fraction of sp³-hybridized carbons (Fsp3) is 0.458. The number of alkyl carbamates (subject to hydrolysis) is 1. The standard InChI is InChI=1S/C24H30N2O5/c1-8-9-10-11-12-17-13-15-18(16-14-17)20(27)25-19(21(28)30-7)24(5,6)26-22(29)31-23(2,3)4/h13-16,19H,8H2,1-7H3,(H,25,27)(H,26,29). The minimum absolute atomic E-state index is 0.326. The second-order valence-corrected chi connectivity index (χ2v) is 8.26. The third kappa shape index (κ3) is 8.84. The van der Waals surface area contributed by atoms with Crippen molar-refractivity contribution in [3.63, 3.8) is 0 Å². The van der Waals surface area contributed by atoms with Crippen molar-refractivity contribution >= 4 is 18.0 Å². The number of benzene rings is 1. The van der Waals surface area contributed by atoms with Gasteiger partial charge in [0.15, 0.2) is 0 Å². The largest absolute Gasteiger partial charge is 0.467 e. The van der Waals surface area contributed by atoms with Crippen LogP contribution in [0.5, 0.6) is 0 Å². The highest BCUT2D eigenvalue weighted by Gasteiger charge is 2.39. The van der Waals surface area contributed by atoms with Crippen molar-refractivity contribution < 1.29 is 23.9 Å². The molecule has 2 N–H and O–H groups in total. The van der Waals surface area contributed by atoms with Crippen LogP contribution in [-0.2, 0) is 14.3 Å². The lowest BCUT2D eigenvalue weighted by Gasteiger charge is -2.34. The Kier molecular flexibility index (Phi) is 9.15. The molecule has 0 heterocycles. The van der Waals surface area contributed by atoms with E-state index < -0.39 is 35.2 Å². The van der Waals surface area contributed by atoms with Crippen LogP contribution in [-0.4, -0.2) is 42.3 Å². The molecule has 7 heteroatoms. The van der Waals surface area contributed by atoms with Crippen molar-refractivity contribution in [3.05, 3.63) is 35.4 Å². The first kappa shape index (κ1) is 25.6.